The second-order valence-electron chi connectivity index (χ2n) is 5.72. The molecule has 0 amide bonds. The highest BCUT2D eigenvalue weighted by atomic mass is 35.5. The average molecular weight is 337 g/mol. The second-order valence-corrected chi connectivity index (χ2v) is 6.89. The van der Waals surface area contributed by atoms with E-state index in [4.69, 9.17) is 11.6 Å². The van der Waals surface area contributed by atoms with E-state index in [2.05, 4.69) is 31.3 Å². The van der Waals surface area contributed by atoms with Crippen molar-refractivity contribution in [1.82, 2.24) is 14.3 Å². The lowest BCUT2D eigenvalue weighted by molar-refractivity contribution is 0.344. The van der Waals surface area contributed by atoms with E-state index in [1.165, 1.54) is 43.0 Å². The highest BCUT2D eigenvalue weighted by Gasteiger charge is 2.16. The van der Waals surface area contributed by atoms with E-state index in [1.807, 2.05) is 19.1 Å². The molecular formula is C16H21ClN4S. The Morgan fingerprint density at radius 1 is 1.23 bits per heavy atom. The molecule has 0 N–H and O–H groups in total. The van der Waals surface area contributed by atoms with Gasteiger partial charge in [-0.15, -0.1) is 0 Å². The number of hydrogen-bond acceptors (Lipinski definition) is 5. The van der Waals surface area contributed by atoms with Crippen LogP contribution < -0.4 is 4.90 Å². The van der Waals surface area contributed by atoms with E-state index in [9.17, 15) is 0 Å². The first kappa shape index (κ1) is 15.7. The van der Waals surface area contributed by atoms with Gasteiger partial charge < -0.3 is 9.80 Å². The zero-order valence-corrected chi connectivity index (χ0v) is 14.4. The Kier molecular flexibility index (Phi) is 5.28. The quantitative estimate of drug-likeness (QED) is 0.806. The van der Waals surface area contributed by atoms with Gasteiger partial charge in [0.05, 0.1) is 0 Å². The van der Waals surface area contributed by atoms with Crippen LogP contribution in [0.15, 0.2) is 24.3 Å². The molecule has 0 radical (unpaired) electrons. The van der Waals surface area contributed by atoms with Crippen molar-refractivity contribution >= 4 is 28.3 Å². The molecule has 1 aromatic carbocycles. The molecule has 0 aliphatic carbocycles. The van der Waals surface area contributed by atoms with Crippen molar-refractivity contribution in [3.05, 3.63) is 40.7 Å². The highest BCUT2D eigenvalue weighted by Crippen LogP contribution is 2.21. The maximum atomic E-state index is 5.98. The van der Waals surface area contributed by atoms with Crippen molar-refractivity contribution in [1.29, 1.82) is 0 Å². The van der Waals surface area contributed by atoms with Crippen molar-refractivity contribution in [3.8, 4) is 0 Å². The topological polar surface area (TPSA) is 32.3 Å². The number of rotatable bonds is 6. The van der Waals surface area contributed by atoms with Gasteiger partial charge in [-0.1, -0.05) is 23.7 Å². The molecule has 1 saturated heterocycles. The number of nitrogens with zero attached hydrogens (tertiary/aromatic N) is 4. The molecule has 0 saturated carbocycles. The molecule has 22 heavy (non-hydrogen) atoms. The molecule has 118 valence electrons. The van der Waals surface area contributed by atoms with Crippen molar-refractivity contribution in [2.24, 2.45) is 0 Å². The first-order chi connectivity index (χ1) is 10.7. The van der Waals surface area contributed by atoms with E-state index in [-0.39, 0.29) is 0 Å². The molecule has 3 rings (SSSR count). The fourth-order valence-corrected chi connectivity index (χ4v) is 3.56. The smallest absolute Gasteiger partial charge is 0.205 e. The summed E-state index contributed by atoms with van der Waals surface area (Å²) < 4.78 is 4.33. The summed E-state index contributed by atoms with van der Waals surface area (Å²) in [5.41, 5.74) is 1.25. The van der Waals surface area contributed by atoms with E-state index < -0.39 is 0 Å². The standard InChI is InChI=1S/C16H21ClN4S/c1-13-18-16(22-19-13)21(11-10-20-8-2-3-9-20)12-14-4-6-15(17)7-5-14/h4-7H,2-3,8-12H2,1H3. The SMILES string of the molecule is Cc1nsc(N(CCN2CCCC2)Cc2ccc(Cl)cc2)n1. The molecule has 0 unspecified atom stereocenters. The number of aryl methyl sites for hydroxylation is 1. The Hall–Kier alpha value is -1.17. The van der Waals surface area contributed by atoms with E-state index in [0.29, 0.717) is 0 Å². The summed E-state index contributed by atoms with van der Waals surface area (Å²) in [5, 5.41) is 1.78. The van der Waals surface area contributed by atoms with Gasteiger partial charge in [0.2, 0.25) is 5.13 Å². The van der Waals surface area contributed by atoms with E-state index in [0.717, 1.165) is 35.6 Å². The van der Waals surface area contributed by atoms with Crippen molar-refractivity contribution in [2.45, 2.75) is 26.3 Å². The Morgan fingerprint density at radius 2 is 1.95 bits per heavy atom. The molecule has 1 aromatic heterocycles. The molecule has 1 aliphatic heterocycles. The summed E-state index contributed by atoms with van der Waals surface area (Å²) in [6, 6.07) is 8.06. The minimum absolute atomic E-state index is 0.777. The fourth-order valence-electron chi connectivity index (χ4n) is 2.74. The van der Waals surface area contributed by atoms with Crippen LogP contribution in [0.5, 0.6) is 0 Å². The summed E-state index contributed by atoms with van der Waals surface area (Å²) in [7, 11) is 0. The van der Waals surface area contributed by atoms with Gasteiger partial charge in [0, 0.05) is 36.2 Å². The lowest BCUT2D eigenvalue weighted by Gasteiger charge is -2.24. The lowest BCUT2D eigenvalue weighted by atomic mass is 10.2. The summed E-state index contributed by atoms with van der Waals surface area (Å²) in [6.45, 7) is 7.32. The third-order valence-corrected chi connectivity index (χ3v) is 5.08. The molecule has 2 aromatic rings. The van der Waals surface area contributed by atoms with E-state index >= 15 is 0 Å². The maximum Gasteiger partial charge on any atom is 0.205 e. The van der Waals surface area contributed by atoms with Gasteiger partial charge >= 0.3 is 0 Å². The molecule has 6 heteroatoms. The zero-order chi connectivity index (χ0) is 15.4. The Balaban J connectivity index is 1.68. The van der Waals surface area contributed by atoms with E-state index in [1.54, 1.807) is 0 Å². The molecule has 1 aliphatic rings. The Morgan fingerprint density at radius 3 is 2.59 bits per heavy atom. The third-order valence-electron chi connectivity index (χ3n) is 3.96. The number of anilines is 1. The minimum Gasteiger partial charge on any atom is -0.341 e. The molecule has 4 nitrogen and oxygen atoms in total. The highest BCUT2D eigenvalue weighted by molar-refractivity contribution is 7.09. The van der Waals surface area contributed by atoms with Crippen LogP contribution in [0.2, 0.25) is 5.02 Å². The van der Waals surface area contributed by atoms with Crippen LogP contribution in [0.3, 0.4) is 0 Å². The van der Waals surface area contributed by atoms with Crippen molar-refractivity contribution < 1.29 is 0 Å². The summed E-state index contributed by atoms with van der Waals surface area (Å²) in [5.74, 6) is 0.849. The van der Waals surface area contributed by atoms with Gasteiger partial charge in [-0.3, -0.25) is 0 Å². The van der Waals surface area contributed by atoms with Crippen LogP contribution in [0.1, 0.15) is 24.2 Å². The molecule has 2 heterocycles. The Bertz CT molecular complexity index is 592. The lowest BCUT2D eigenvalue weighted by Crippen LogP contribution is -2.33. The first-order valence-electron chi connectivity index (χ1n) is 7.73. The van der Waals surface area contributed by atoms with Crippen LogP contribution in [0.25, 0.3) is 0 Å². The van der Waals surface area contributed by atoms with Crippen LogP contribution in [0.4, 0.5) is 5.13 Å². The predicted molar refractivity (Wildman–Crippen MR) is 92.8 cm³/mol. The molecular weight excluding hydrogens is 316 g/mol. The summed E-state index contributed by atoms with van der Waals surface area (Å²) >= 11 is 7.46. The van der Waals surface area contributed by atoms with Crippen LogP contribution in [0, 0.1) is 6.92 Å². The molecule has 0 spiro atoms. The number of halogens is 1. The number of likely N-dealkylation sites (tertiary alicyclic amines) is 1. The average Bonchev–Trinajstić information content (AvgIpc) is 3.17. The number of aromatic nitrogens is 2. The van der Waals surface area contributed by atoms with Gasteiger partial charge in [-0.2, -0.15) is 4.37 Å². The van der Waals surface area contributed by atoms with Crippen LogP contribution >= 0.6 is 23.1 Å². The minimum atomic E-state index is 0.777. The molecule has 0 atom stereocenters. The maximum absolute atomic E-state index is 5.98. The van der Waals surface area contributed by atoms with Gasteiger partial charge in [-0.05, 0) is 50.6 Å². The summed E-state index contributed by atoms with van der Waals surface area (Å²) in [6.07, 6.45) is 2.66. The largest absolute Gasteiger partial charge is 0.341 e. The zero-order valence-electron chi connectivity index (χ0n) is 12.8. The molecule has 1 fully saturated rings. The predicted octanol–water partition coefficient (Wildman–Crippen LogP) is 3.60. The Labute approximate surface area is 140 Å². The second kappa shape index (κ2) is 7.40. The van der Waals surface area contributed by atoms with Crippen molar-refractivity contribution in [3.63, 3.8) is 0 Å². The summed E-state index contributed by atoms with van der Waals surface area (Å²) in [4.78, 5) is 9.41. The van der Waals surface area contributed by atoms with Crippen molar-refractivity contribution in [2.75, 3.05) is 31.1 Å². The van der Waals surface area contributed by atoms with Crippen LogP contribution in [-0.2, 0) is 6.54 Å². The molecule has 0 bridgehead atoms. The van der Waals surface area contributed by atoms with Gasteiger partial charge in [-0.25, -0.2) is 4.98 Å². The fraction of sp³-hybridized carbons (Fsp3) is 0.500. The first-order valence-corrected chi connectivity index (χ1v) is 8.88. The third kappa shape index (κ3) is 4.18. The monoisotopic (exact) mass is 336 g/mol. The number of benzene rings is 1. The van der Waals surface area contributed by atoms with Gasteiger partial charge in [0.1, 0.15) is 5.82 Å². The van der Waals surface area contributed by atoms with Gasteiger partial charge in [0.25, 0.3) is 0 Å². The van der Waals surface area contributed by atoms with Crippen LogP contribution in [-0.4, -0.2) is 40.4 Å². The number of hydrogen-bond donors (Lipinski definition) is 0. The van der Waals surface area contributed by atoms with Gasteiger partial charge in [0.15, 0.2) is 0 Å². The normalized spacial score (nSPS) is 15.4.